The van der Waals surface area contributed by atoms with Crippen LogP contribution in [0.25, 0.3) is 16.3 Å². The van der Waals surface area contributed by atoms with Gasteiger partial charge in [0.25, 0.3) is 11.6 Å². The number of nitrogens with zero attached hydrogens (tertiary/aromatic N) is 3. The van der Waals surface area contributed by atoms with Crippen LogP contribution in [0.1, 0.15) is 5.56 Å². The first-order chi connectivity index (χ1) is 13.9. The molecular weight excluding hydrogens is 404 g/mol. The Bertz CT molecular complexity index is 1180. The molecule has 29 heavy (non-hydrogen) atoms. The number of nitro groups is 1. The third kappa shape index (κ3) is 4.79. The van der Waals surface area contributed by atoms with E-state index in [-0.39, 0.29) is 29.2 Å². The van der Waals surface area contributed by atoms with Crippen LogP contribution in [0.4, 0.5) is 14.5 Å². The van der Waals surface area contributed by atoms with E-state index in [0.717, 1.165) is 23.5 Å². The van der Waals surface area contributed by atoms with Crippen LogP contribution in [0.5, 0.6) is 0 Å². The molecule has 0 saturated heterocycles. The molecule has 1 aromatic heterocycles. The van der Waals surface area contributed by atoms with Gasteiger partial charge >= 0.3 is 0 Å². The summed E-state index contributed by atoms with van der Waals surface area (Å²) in [5.41, 5.74) is 0.498. The molecule has 0 saturated carbocycles. The number of hydrogen-bond acceptors (Lipinski definition) is 5. The maximum Gasteiger partial charge on any atom is 0.272 e. The summed E-state index contributed by atoms with van der Waals surface area (Å²) in [6.45, 7) is 0.466. The lowest BCUT2D eigenvalue weighted by atomic mass is 10.2. The van der Waals surface area contributed by atoms with E-state index in [9.17, 15) is 23.7 Å². The minimum absolute atomic E-state index is 0.101. The Morgan fingerprint density at radius 1 is 1.34 bits per heavy atom. The van der Waals surface area contributed by atoms with Gasteiger partial charge < -0.3 is 9.30 Å². The SMILES string of the molecule is COCCn1c(=NC(=O)C=Cc2cccc([N+](=O)[O-])c2)sc2cc(F)cc(F)c21. The lowest BCUT2D eigenvalue weighted by molar-refractivity contribution is -0.384. The van der Waals surface area contributed by atoms with Gasteiger partial charge in [-0.15, -0.1) is 0 Å². The first-order valence-electron chi connectivity index (χ1n) is 8.37. The van der Waals surface area contributed by atoms with Crippen molar-refractivity contribution in [3.05, 3.63) is 74.6 Å². The van der Waals surface area contributed by atoms with Gasteiger partial charge in [0.05, 0.1) is 21.7 Å². The van der Waals surface area contributed by atoms with Gasteiger partial charge in [-0.25, -0.2) is 8.78 Å². The first-order valence-corrected chi connectivity index (χ1v) is 9.19. The summed E-state index contributed by atoms with van der Waals surface area (Å²) >= 11 is 0.976. The van der Waals surface area contributed by atoms with E-state index in [4.69, 9.17) is 4.74 Å². The maximum atomic E-state index is 14.3. The third-order valence-electron chi connectivity index (χ3n) is 3.92. The minimum Gasteiger partial charge on any atom is -0.383 e. The Hall–Kier alpha value is -3.24. The second-order valence-electron chi connectivity index (χ2n) is 5.90. The first kappa shape index (κ1) is 20.5. The summed E-state index contributed by atoms with van der Waals surface area (Å²) in [5.74, 6) is -2.12. The second kappa shape index (κ2) is 8.84. The number of hydrogen-bond donors (Lipinski definition) is 0. The summed E-state index contributed by atoms with van der Waals surface area (Å²) in [7, 11) is 1.48. The molecule has 0 aliphatic carbocycles. The van der Waals surface area contributed by atoms with Gasteiger partial charge in [-0.3, -0.25) is 14.9 Å². The predicted molar refractivity (Wildman–Crippen MR) is 104 cm³/mol. The minimum atomic E-state index is -0.756. The summed E-state index contributed by atoms with van der Waals surface area (Å²) in [6, 6.07) is 7.71. The fourth-order valence-electron chi connectivity index (χ4n) is 2.65. The fourth-order valence-corrected chi connectivity index (χ4v) is 3.75. The molecule has 0 N–H and O–H groups in total. The Labute approximate surface area is 167 Å². The monoisotopic (exact) mass is 419 g/mol. The zero-order chi connectivity index (χ0) is 21.0. The van der Waals surface area contributed by atoms with E-state index in [0.29, 0.717) is 10.3 Å². The molecule has 1 heterocycles. The van der Waals surface area contributed by atoms with Gasteiger partial charge in [0.1, 0.15) is 5.82 Å². The molecule has 0 atom stereocenters. The van der Waals surface area contributed by atoms with Crippen molar-refractivity contribution in [3.8, 4) is 0 Å². The number of fused-ring (bicyclic) bond motifs is 1. The fraction of sp³-hybridized carbons (Fsp3) is 0.158. The molecule has 3 rings (SSSR count). The highest BCUT2D eigenvalue weighted by Gasteiger charge is 2.13. The molecular formula is C19H15F2N3O4S. The molecule has 0 spiro atoms. The number of thiazole rings is 1. The van der Waals surface area contributed by atoms with Crippen LogP contribution in [0.15, 0.2) is 47.5 Å². The van der Waals surface area contributed by atoms with E-state index in [1.54, 1.807) is 6.07 Å². The molecule has 3 aromatic rings. The van der Waals surface area contributed by atoms with Gasteiger partial charge in [-0.05, 0) is 17.7 Å². The quantitative estimate of drug-likeness (QED) is 0.347. The normalized spacial score (nSPS) is 12.2. The molecule has 0 aliphatic rings. The van der Waals surface area contributed by atoms with Gasteiger partial charge in [0.2, 0.25) is 0 Å². The lowest BCUT2D eigenvalue weighted by Gasteiger charge is -2.04. The Morgan fingerprint density at radius 3 is 2.86 bits per heavy atom. The number of nitro benzene ring substituents is 1. The van der Waals surface area contributed by atoms with Crippen LogP contribution in [-0.2, 0) is 16.1 Å². The van der Waals surface area contributed by atoms with Gasteiger partial charge in [-0.2, -0.15) is 4.99 Å². The number of methoxy groups -OCH3 is 1. The summed E-state index contributed by atoms with van der Waals surface area (Å²) in [4.78, 5) is 26.7. The third-order valence-corrected chi connectivity index (χ3v) is 4.94. The highest BCUT2D eigenvalue weighted by molar-refractivity contribution is 7.16. The number of benzene rings is 2. The average molecular weight is 419 g/mol. The van der Waals surface area contributed by atoms with Crippen LogP contribution in [0, 0.1) is 21.7 Å². The number of rotatable bonds is 6. The van der Waals surface area contributed by atoms with E-state index in [1.807, 2.05) is 0 Å². The number of carbonyl (C=O) groups excluding carboxylic acids is 1. The van der Waals surface area contributed by atoms with Crippen molar-refractivity contribution < 1.29 is 23.2 Å². The lowest BCUT2D eigenvalue weighted by Crippen LogP contribution is -2.19. The Balaban J connectivity index is 1.98. The smallest absolute Gasteiger partial charge is 0.272 e. The van der Waals surface area contributed by atoms with Crippen LogP contribution in [0.2, 0.25) is 0 Å². The van der Waals surface area contributed by atoms with Crippen LogP contribution >= 0.6 is 11.3 Å². The van der Waals surface area contributed by atoms with Crippen LogP contribution < -0.4 is 4.80 Å². The molecule has 10 heteroatoms. The largest absolute Gasteiger partial charge is 0.383 e. The van der Waals surface area contributed by atoms with Crippen molar-refractivity contribution in [3.63, 3.8) is 0 Å². The second-order valence-corrected chi connectivity index (χ2v) is 6.91. The molecule has 0 fully saturated rings. The van der Waals surface area contributed by atoms with Crippen LogP contribution in [0.3, 0.4) is 0 Å². The summed E-state index contributed by atoms with van der Waals surface area (Å²) in [6.07, 6.45) is 2.55. The van der Waals surface area contributed by atoms with Crippen molar-refractivity contribution >= 4 is 39.2 Å². The van der Waals surface area contributed by atoms with Gasteiger partial charge in [0, 0.05) is 37.9 Å². The summed E-state index contributed by atoms with van der Waals surface area (Å²) < 4.78 is 34.6. The zero-order valence-electron chi connectivity index (χ0n) is 15.2. The van der Waals surface area contributed by atoms with E-state index in [1.165, 1.54) is 42.0 Å². The Kier molecular flexibility index (Phi) is 6.25. The molecule has 0 radical (unpaired) electrons. The molecule has 0 aliphatic heterocycles. The van der Waals surface area contributed by atoms with Gasteiger partial charge in [-0.1, -0.05) is 23.5 Å². The average Bonchev–Trinajstić information content (AvgIpc) is 3.01. The molecule has 150 valence electrons. The molecule has 0 unspecified atom stereocenters. The number of aromatic nitrogens is 1. The maximum absolute atomic E-state index is 14.3. The standard InChI is InChI=1S/C19H15F2N3O4S/c1-28-8-7-23-18-15(21)10-13(20)11-16(18)29-19(23)22-17(25)6-5-12-3-2-4-14(9-12)24(26)27/h2-6,9-11H,7-8H2,1H3. The van der Waals surface area contributed by atoms with Gasteiger partial charge in [0.15, 0.2) is 10.6 Å². The van der Waals surface area contributed by atoms with Crippen molar-refractivity contribution in [1.29, 1.82) is 0 Å². The number of ether oxygens (including phenoxy) is 1. The van der Waals surface area contributed by atoms with Crippen molar-refractivity contribution in [2.75, 3.05) is 13.7 Å². The Morgan fingerprint density at radius 2 is 2.14 bits per heavy atom. The number of amides is 1. The topological polar surface area (TPSA) is 86.7 Å². The zero-order valence-corrected chi connectivity index (χ0v) is 16.0. The van der Waals surface area contributed by atoms with Crippen molar-refractivity contribution in [1.82, 2.24) is 4.57 Å². The summed E-state index contributed by atoms with van der Waals surface area (Å²) in [5, 5.41) is 10.8. The predicted octanol–water partition coefficient (Wildman–Crippen LogP) is 3.68. The van der Waals surface area contributed by atoms with E-state index < -0.39 is 22.5 Å². The number of carbonyl (C=O) groups is 1. The molecule has 2 aromatic carbocycles. The van der Waals surface area contributed by atoms with E-state index in [2.05, 4.69) is 4.99 Å². The van der Waals surface area contributed by atoms with E-state index >= 15 is 0 Å². The van der Waals surface area contributed by atoms with Crippen LogP contribution in [-0.4, -0.2) is 29.1 Å². The molecule has 1 amide bonds. The highest BCUT2D eigenvalue weighted by Crippen LogP contribution is 2.22. The number of non-ortho nitro benzene ring substituents is 1. The molecule has 0 bridgehead atoms. The van der Waals surface area contributed by atoms with Crippen molar-refractivity contribution in [2.24, 2.45) is 4.99 Å². The molecule has 7 nitrogen and oxygen atoms in total. The highest BCUT2D eigenvalue weighted by atomic mass is 32.1. The van der Waals surface area contributed by atoms with Crippen molar-refractivity contribution in [2.45, 2.75) is 6.54 Å². The number of halogens is 2.